The zero-order valence-corrected chi connectivity index (χ0v) is 16.1. The number of halogens is 2. The topological polar surface area (TPSA) is 94.3 Å². The highest BCUT2D eigenvalue weighted by molar-refractivity contribution is 9.10. The number of H-pyrrole nitrogens is 1. The Balaban J connectivity index is 1.57. The second-order valence-corrected chi connectivity index (χ2v) is 7.39. The molecular weight excluding hydrogens is 456 g/mol. The van der Waals surface area contributed by atoms with Gasteiger partial charge in [-0.1, -0.05) is 15.9 Å². The fourth-order valence-electron chi connectivity index (χ4n) is 2.54. The second-order valence-electron chi connectivity index (χ2n) is 5.56. The van der Waals surface area contributed by atoms with Crippen molar-refractivity contribution >= 4 is 55.3 Å². The molecule has 0 spiro atoms. The molecule has 1 fully saturated rings. The van der Waals surface area contributed by atoms with E-state index in [1.807, 2.05) is 24.3 Å². The average Bonchev–Trinajstić information content (AvgIpc) is 3.19. The number of benzene rings is 1. The average molecular weight is 470 g/mol. The summed E-state index contributed by atoms with van der Waals surface area (Å²) in [6, 6.07) is 8.89. The van der Waals surface area contributed by atoms with E-state index < -0.39 is 17.7 Å². The molecule has 1 aromatic heterocycles. The highest BCUT2D eigenvalue weighted by atomic mass is 79.9. The molecule has 1 aromatic carbocycles. The summed E-state index contributed by atoms with van der Waals surface area (Å²) in [6.45, 7) is 0.274. The number of nitrogens with one attached hydrogen (secondary N) is 3. The number of aromatic nitrogens is 1. The molecule has 0 aliphatic carbocycles. The van der Waals surface area contributed by atoms with Crippen LogP contribution >= 0.6 is 31.9 Å². The summed E-state index contributed by atoms with van der Waals surface area (Å²) in [4.78, 5) is 40.6. The summed E-state index contributed by atoms with van der Waals surface area (Å²) in [5, 5.41) is 0. The molecule has 9 heteroatoms. The molecule has 3 N–H and O–H groups in total. The zero-order valence-electron chi connectivity index (χ0n) is 12.9. The smallest absolute Gasteiger partial charge is 0.286 e. The molecule has 1 atom stereocenters. The lowest BCUT2D eigenvalue weighted by Crippen LogP contribution is -2.45. The van der Waals surface area contributed by atoms with Crippen LogP contribution in [0.5, 0.6) is 0 Å². The third-order valence-corrected chi connectivity index (χ3v) is 4.81. The van der Waals surface area contributed by atoms with Crippen molar-refractivity contribution in [3.8, 4) is 0 Å². The van der Waals surface area contributed by atoms with Crippen LogP contribution in [0.1, 0.15) is 16.9 Å². The van der Waals surface area contributed by atoms with Gasteiger partial charge in [-0.25, -0.2) is 0 Å². The summed E-state index contributed by atoms with van der Waals surface area (Å²) < 4.78 is 1.64. The number of rotatable bonds is 3. The lowest BCUT2D eigenvalue weighted by molar-refractivity contribution is -0.126. The van der Waals surface area contributed by atoms with E-state index in [4.69, 9.17) is 0 Å². The fourth-order valence-corrected chi connectivity index (χ4v) is 3.15. The van der Waals surface area contributed by atoms with E-state index in [-0.39, 0.29) is 18.9 Å². The van der Waals surface area contributed by atoms with E-state index in [0.717, 1.165) is 14.6 Å². The van der Waals surface area contributed by atoms with Crippen LogP contribution in [0.25, 0.3) is 0 Å². The number of nitrogens with zero attached hydrogens (tertiary/aromatic N) is 1. The van der Waals surface area contributed by atoms with Gasteiger partial charge in [-0.15, -0.1) is 0 Å². The molecule has 3 rings (SSSR count). The normalized spacial score (nSPS) is 16.8. The van der Waals surface area contributed by atoms with Crippen molar-refractivity contribution in [1.29, 1.82) is 0 Å². The molecule has 1 saturated heterocycles. The van der Waals surface area contributed by atoms with Gasteiger partial charge >= 0.3 is 0 Å². The monoisotopic (exact) mass is 468 g/mol. The van der Waals surface area contributed by atoms with Crippen LogP contribution in [-0.2, 0) is 9.59 Å². The van der Waals surface area contributed by atoms with Gasteiger partial charge < -0.3 is 9.88 Å². The lowest BCUT2D eigenvalue weighted by atomic mass is 10.1. The number of amides is 3. The van der Waals surface area contributed by atoms with E-state index in [2.05, 4.69) is 47.7 Å². The van der Waals surface area contributed by atoms with Crippen LogP contribution in [0.2, 0.25) is 0 Å². The van der Waals surface area contributed by atoms with Crippen molar-refractivity contribution in [1.82, 2.24) is 15.8 Å². The van der Waals surface area contributed by atoms with Gasteiger partial charge in [0.1, 0.15) is 5.69 Å². The standard InChI is InChI=1S/C16H14Br2N4O3/c17-10-1-3-12(4-2-10)22-8-9(5-14(22)23)15(24)20-21-16(25)13-6-11(18)7-19-13/h1-4,6-7,9,19H,5,8H2,(H,20,24)(H,21,25). The van der Waals surface area contributed by atoms with Crippen molar-refractivity contribution in [2.45, 2.75) is 6.42 Å². The molecular formula is C16H14Br2N4O3. The molecule has 25 heavy (non-hydrogen) atoms. The highest BCUT2D eigenvalue weighted by Gasteiger charge is 2.35. The minimum absolute atomic E-state index is 0.103. The quantitative estimate of drug-likeness (QED) is 0.602. The number of aromatic amines is 1. The Bertz CT molecular complexity index is 819. The first-order valence-electron chi connectivity index (χ1n) is 7.44. The van der Waals surface area contributed by atoms with E-state index in [1.165, 1.54) is 0 Å². The van der Waals surface area contributed by atoms with E-state index in [0.29, 0.717) is 5.69 Å². The van der Waals surface area contributed by atoms with E-state index >= 15 is 0 Å². The number of hydrogen-bond acceptors (Lipinski definition) is 3. The predicted molar refractivity (Wildman–Crippen MR) is 98.7 cm³/mol. The number of anilines is 1. The van der Waals surface area contributed by atoms with Crippen molar-refractivity contribution < 1.29 is 14.4 Å². The first kappa shape index (κ1) is 17.7. The number of hydrogen-bond donors (Lipinski definition) is 3. The molecule has 3 amide bonds. The van der Waals surface area contributed by atoms with Gasteiger partial charge in [0.25, 0.3) is 5.91 Å². The summed E-state index contributed by atoms with van der Waals surface area (Å²) in [5.41, 5.74) is 5.76. The van der Waals surface area contributed by atoms with Gasteiger partial charge in [-0.05, 0) is 46.3 Å². The molecule has 130 valence electrons. The Morgan fingerprint density at radius 1 is 1.12 bits per heavy atom. The second kappa shape index (κ2) is 7.40. The number of carbonyl (C=O) groups excluding carboxylic acids is 3. The van der Waals surface area contributed by atoms with Gasteiger partial charge in [0.2, 0.25) is 11.8 Å². The maximum atomic E-state index is 12.2. The number of hydrazine groups is 1. The van der Waals surface area contributed by atoms with Crippen LogP contribution in [0.4, 0.5) is 5.69 Å². The lowest BCUT2D eigenvalue weighted by Gasteiger charge is -2.16. The SMILES string of the molecule is O=C(NNC(=O)C1CC(=O)N(c2ccc(Br)cc2)C1)c1cc(Br)c[nH]1. The minimum Gasteiger partial charge on any atom is -0.356 e. The predicted octanol–water partition coefficient (Wildman–Crippen LogP) is 2.35. The van der Waals surface area contributed by atoms with Crippen LogP contribution < -0.4 is 15.8 Å². The zero-order chi connectivity index (χ0) is 18.0. The molecule has 1 unspecified atom stereocenters. The Hall–Kier alpha value is -2.13. The molecule has 1 aliphatic rings. The third kappa shape index (κ3) is 4.10. The maximum absolute atomic E-state index is 12.2. The Kier molecular flexibility index (Phi) is 5.24. The molecule has 7 nitrogen and oxygen atoms in total. The molecule has 2 heterocycles. The molecule has 0 bridgehead atoms. The largest absolute Gasteiger partial charge is 0.356 e. The van der Waals surface area contributed by atoms with Crippen molar-refractivity contribution in [3.63, 3.8) is 0 Å². The molecule has 2 aromatic rings. The van der Waals surface area contributed by atoms with Crippen molar-refractivity contribution in [2.75, 3.05) is 11.4 Å². The van der Waals surface area contributed by atoms with Gasteiger partial charge in [-0.3, -0.25) is 25.2 Å². The van der Waals surface area contributed by atoms with Gasteiger partial charge in [0.05, 0.1) is 5.92 Å². The van der Waals surface area contributed by atoms with Crippen LogP contribution in [-0.4, -0.2) is 29.3 Å². The van der Waals surface area contributed by atoms with Crippen LogP contribution in [0, 0.1) is 5.92 Å². The summed E-state index contributed by atoms with van der Waals surface area (Å²) in [7, 11) is 0. The molecule has 0 radical (unpaired) electrons. The summed E-state index contributed by atoms with van der Waals surface area (Å²) in [6.07, 6.45) is 1.72. The molecule has 0 saturated carbocycles. The van der Waals surface area contributed by atoms with Crippen LogP contribution in [0.3, 0.4) is 0 Å². The summed E-state index contributed by atoms with van der Waals surface area (Å²) >= 11 is 6.58. The number of carbonyl (C=O) groups is 3. The van der Waals surface area contributed by atoms with Gasteiger partial charge in [0.15, 0.2) is 0 Å². The van der Waals surface area contributed by atoms with E-state index in [9.17, 15) is 14.4 Å². The van der Waals surface area contributed by atoms with Gasteiger partial charge in [0, 0.05) is 33.8 Å². The van der Waals surface area contributed by atoms with Crippen LogP contribution in [0.15, 0.2) is 45.5 Å². The maximum Gasteiger partial charge on any atom is 0.286 e. The summed E-state index contributed by atoms with van der Waals surface area (Å²) in [5.74, 6) is -1.51. The fraction of sp³-hybridized carbons (Fsp3) is 0.188. The van der Waals surface area contributed by atoms with Gasteiger partial charge in [-0.2, -0.15) is 0 Å². The van der Waals surface area contributed by atoms with E-state index in [1.54, 1.807) is 17.2 Å². The van der Waals surface area contributed by atoms with Crippen molar-refractivity contribution in [3.05, 3.63) is 51.2 Å². The first-order chi connectivity index (χ1) is 11.9. The first-order valence-corrected chi connectivity index (χ1v) is 9.02. The molecule has 1 aliphatic heterocycles. The Morgan fingerprint density at radius 2 is 1.84 bits per heavy atom. The third-order valence-electron chi connectivity index (χ3n) is 3.83. The Labute approximate surface area is 160 Å². The Morgan fingerprint density at radius 3 is 2.48 bits per heavy atom. The van der Waals surface area contributed by atoms with Crippen molar-refractivity contribution in [2.24, 2.45) is 5.92 Å². The minimum atomic E-state index is -0.521. The highest BCUT2D eigenvalue weighted by Crippen LogP contribution is 2.26.